The van der Waals surface area contributed by atoms with E-state index in [0.29, 0.717) is 4.88 Å². The van der Waals surface area contributed by atoms with Crippen molar-refractivity contribution < 1.29 is 9.90 Å². The number of hydrogen-bond donors (Lipinski definition) is 1. The van der Waals surface area contributed by atoms with Crippen molar-refractivity contribution in [2.24, 2.45) is 0 Å². The van der Waals surface area contributed by atoms with Gasteiger partial charge in [0.05, 0.1) is 10.2 Å². The molecule has 0 fully saturated rings. The zero-order valence-electron chi connectivity index (χ0n) is 6.02. The molecule has 0 radical (unpaired) electrons. The zero-order chi connectivity index (χ0) is 8.55. The van der Waals surface area contributed by atoms with Crippen LogP contribution in [0.5, 0.6) is 0 Å². The van der Waals surface area contributed by atoms with Crippen molar-refractivity contribution in [3.63, 3.8) is 0 Å². The van der Waals surface area contributed by atoms with Crippen LogP contribution in [0.4, 0.5) is 0 Å². The van der Waals surface area contributed by atoms with Gasteiger partial charge in [-0.3, -0.25) is 4.98 Å². The fraction of sp³-hybridized carbons (Fsp3) is 0. The molecule has 2 rings (SSSR count). The zero-order valence-corrected chi connectivity index (χ0v) is 6.84. The number of thiophene rings is 1. The van der Waals surface area contributed by atoms with Crippen LogP contribution < -0.4 is 0 Å². The van der Waals surface area contributed by atoms with Crippen molar-refractivity contribution in [2.45, 2.75) is 0 Å². The molecule has 2 aromatic heterocycles. The van der Waals surface area contributed by atoms with Crippen molar-refractivity contribution >= 4 is 46.4 Å². The summed E-state index contributed by atoms with van der Waals surface area (Å²) in [6.07, 6.45) is 1.65. The van der Waals surface area contributed by atoms with Crippen molar-refractivity contribution in [3.8, 4) is 0 Å². The number of nitrogens with zero attached hydrogens (tertiary/aromatic N) is 1. The Kier molecular flexibility index (Phi) is 3.10. The molecule has 0 aliphatic rings. The van der Waals surface area contributed by atoms with Gasteiger partial charge < -0.3 is 5.11 Å². The SMILES string of the molecule is O=C(O)c1cc2ncccc2s1.[LiH]. The van der Waals surface area contributed by atoms with E-state index in [1.54, 1.807) is 18.3 Å². The van der Waals surface area contributed by atoms with E-state index in [4.69, 9.17) is 5.11 Å². The molecule has 0 spiro atoms. The summed E-state index contributed by atoms with van der Waals surface area (Å²) in [5.74, 6) is -0.891. The molecule has 2 heterocycles. The molecule has 0 amide bonds. The average molecular weight is 187 g/mol. The molecule has 3 nitrogen and oxygen atoms in total. The molecule has 0 aliphatic heterocycles. The minimum absolute atomic E-state index is 0. The molecule has 0 saturated carbocycles. The van der Waals surface area contributed by atoms with Gasteiger partial charge >= 0.3 is 24.8 Å². The molecule has 0 bridgehead atoms. The van der Waals surface area contributed by atoms with Gasteiger partial charge in [-0.1, -0.05) is 0 Å². The number of carboxylic acids is 1. The van der Waals surface area contributed by atoms with Crippen LogP contribution in [0.25, 0.3) is 10.2 Å². The first kappa shape index (κ1) is 10.3. The van der Waals surface area contributed by atoms with E-state index in [-0.39, 0.29) is 18.9 Å². The first-order valence-electron chi connectivity index (χ1n) is 3.35. The minimum atomic E-state index is -0.891. The summed E-state index contributed by atoms with van der Waals surface area (Å²) in [4.78, 5) is 14.9. The Morgan fingerprint density at radius 3 is 2.92 bits per heavy atom. The summed E-state index contributed by atoms with van der Waals surface area (Å²) in [5.41, 5.74) is 0.750. The third-order valence-electron chi connectivity index (χ3n) is 1.50. The number of aromatic carboxylic acids is 1. The Morgan fingerprint density at radius 2 is 2.31 bits per heavy atom. The van der Waals surface area contributed by atoms with Gasteiger partial charge in [-0.05, 0) is 18.2 Å². The van der Waals surface area contributed by atoms with Gasteiger partial charge in [0.25, 0.3) is 0 Å². The Hall–Kier alpha value is -0.823. The molecule has 5 heteroatoms. The summed E-state index contributed by atoms with van der Waals surface area (Å²) >= 11 is 1.24. The van der Waals surface area contributed by atoms with E-state index < -0.39 is 5.97 Å². The molecule has 0 atom stereocenters. The van der Waals surface area contributed by atoms with Gasteiger partial charge in [0.15, 0.2) is 0 Å². The van der Waals surface area contributed by atoms with E-state index >= 15 is 0 Å². The van der Waals surface area contributed by atoms with Crippen LogP contribution in [-0.2, 0) is 0 Å². The normalized spacial score (nSPS) is 9.54. The van der Waals surface area contributed by atoms with Gasteiger partial charge in [0, 0.05) is 6.20 Å². The third kappa shape index (κ3) is 1.91. The summed E-state index contributed by atoms with van der Waals surface area (Å²) in [5, 5.41) is 8.67. The van der Waals surface area contributed by atoms with Crippen LogP contribution in [-0.4, -0.2) is 34.9 Å². The van der Waals surface area contributed by atoms with Gasteiger partial charge in [-0.2, -0.15) is 0 Å². The molecule has 1 N–H and O–H groups in total. The van der Waals surface area contributed by atoms with Crippen LogP contribution in [0.3, 0.4) is 0 Å². The Morgan fingerprint density at radius 1 is 1.54 bits per heavy atom. The predicted molar refractivity (Wildman–Crippen MR) is 53.7 cm³/mol. The van der Waals surface area contributed by atoms with Crippen molar-refractivity contribution in [1.29, 1.82) is 0 Å². The average Bonchev–Trinajstić information content (AvgIpc) is 2.46. The molecule has 13 heavy (non-hydrogen) atoms. The molecule has 0 aliphatic carbocycles. The van der Waals surface area contributed by atoms with E-state index in [2.05, 4.69) is 4.98 Å². The summed E-state index contributed by atoms with van der Waals surface area (Å²) in [6.45, 7) is 0. The summed E-state index contributed by atoms with van der Waals surface area (Å²) in [6, 6.07) is 5.24. The molecular formula is C8H6LiNO2S. The van der Waals surface area contributed by atoms with Crippen molar-refractivity contribution in [3.05, 3.63) is 29.3 Å². The monoisotopic (exact) mass is 187 g/mol. The first-order valence-corrected chi connectivity index (χ1v) is 4.17. The third-order valence-corrected chi connectivity index (χ3v) is 2.58. The molecule has 0 unspecified atom stereocenters. The Balaban J connectivity index is 0.000000845. The van der Waals surface area contributed by atoms with Crippen molar-refractivity contribution in [2.75, 3.05) is 0 Å². The quantitative estimate of drug-likeness (QED) is 0.685. The van der Waals surface area contributed by atoms with E-state index in [0.717, 1.165) is 10.2 Å². The maximum atomic E-state index is 10.6. The second kappa shape index (κ2) is 3.92. The van der Waals surface area contributed by atoms with Crippen molar-refractivity contribution in [1.82, 2.24) is 4.98 Å². The maximum absolute atomic E-state index is 10.6. The molecule has 0 aromatic carbocycles. The second-order valence-electron chi connectivity index (χ2n) is 2.30. The Labute approximate surface area is 90.6 Å². The molecule has 62 valence electrons. The number of carboxylic acid groups (broad SMARTS) is 1. The van der Waals surface area contributed by atoms with Gasteiger partial charge in [-0.15, -0.1) is 11.3 Å². The van der Waals surface area contributed by atoms with Gasteiger partial charge in [-0.25, -0.2) is 4.79 Å². The van der Waals surface area contributed by atoms with Gasteiger partial charge in [0.1, 0.15) is 4.88 Å². The van der Waals surface area contributed by atoms with Crippen LogP contribution in [0.15, 0.2) is 24.4 Å². The fourth-order valence-corrected chi connectivity index (χ4v) is 1.83. The van der Waals surface area contributed by atoms with Crippen LogP contribution in [0, 0.1) is 0 Å². The number of carbonyl (C=O) groups is 1. The molecular weight excluding hydrogens is 181 g/mol. The van der Waals surface area contributed by atoms with E-state index in [1.165, 1.54) is 11.3 Å². The van der Waals surface area contributed by atoms with E-state index in [1.807, 2.05) is 6.07 Å². The van der Waals surface area contributed by atoms with Crippen LogP contribution >= 0.6 is 11.3 Å². The standard InChI is InChI=1S/C8H5NO2S.Li.H/c10-8(11)7-4-5-6(12-7)2-1-3-9-5;;/h1-4H,(H,10,11);;. The number of rotatable bonds is 1. The molecule has 2 aromatic rings. The number of aromatic nitrogens is 1. The summed E-state index contributed by atoms with van der Waals surface area (Å²) < 4.78 is 0.912. The Bertz CT molecular complexity index is 407. The predicted octanol–water partition coefficient (Wildman–Crippen LogP) is 1.35. The van der Waals surface area contributed by atoms with Crippen LogP contribution in [0.1, 0.15) is 9.67 Å². The van der Waals surface area contributed by atoms with Gasteiger partial charge in [0.2, 0.25) is 0 Å². The fourth-order valence-electron chi connectivity index (χ4n) is 0.975. The topological polar surface area (TPSA) is 50.2 Å². The number of fused-ring (bicyclic) bond motifs is 1. The molecule has 0 saturated heterocycles. The number of pyridine rings is 1. The first-order chi connectivity index (χ1) is 5.77. The van der Waals surface area contributed by atoms with Crippen LogP contribution in [0.2, 0.25) is 0 Å². The van der Waals surface area contributed by atoms with E-state index in [9.17, 15) is 4.79 Å². The number of hydrogen-bond acceptors (Lipinski definition) is 3. The summed E-state index contributed by atoms with van der Waals surface area (Å²) in [7, 11) is 0. The second-order valence-corrected chi connectivity index (χ2v) is 3.39.